The molecule has 5 heteroatoms. The van der Waals surface area contributed by atoms with Crippen molar-refractivity contribution in [2.75, 3.05) is 20.3 Å². The molecular formula is C16H20ClN3O. The molecule has 2 heterocycles. The van der Waals surface area contributed by atoms with Crippen LogP contribution >= 0.6 is 11.6 Å². The van der Waals surface area contributed by atoms with Crippen LogP contribution in [0.1, 0.15) is 18.3 Å². The average Bonchev–Trinajstić information content (AvgIpc) is 2.91. The standard InChI is InChI=1S/C16H20ClN3O/c1-11(10-21-2)20-8-7-14-15(9-20)19-16(18-14)12-3-5-13(17)6-4-12/h3-6,11H,7-10H2,1-2H3,(H,18,19)/t11-/m0/s1. The van der Waals surface area contributed by atoms with E-state index in [4.69, 9.17) is 21.3 Å². The highest BCUT2D eigenvalue weighted by Crippen LogP contribution is 2.24. The molecule has 1 N–H and O–H groups in total. The molecule has 1 aromatic carbocycles. The van der Waals surface area contributed by atoms with E-state index in [0.717, 1.165) is 42.5 Å². The molecule has 1 aliphatic rings. The predicted molar refractivity (Wildman–Crippen MR) is 84.5 cm³/mol. The van der Waals surface area contributed by atoms with Gasteiger partial charge in [-0.25, -0.2) is 4.98 Å². The van der Waals surface area contributed by atoms with Gasteiger partial charge in [-0.1, -0.05) is 11.6 Å². The molecule has 0 spiro atoms. The summed E-state index contributed by atoms with van der Waals surface area (Å²) in [5.41, 5.74) is 3.47. The number of fused-ring (bicyclic) bond motifs is 1. The summed E-state index contributed by atoms with van der Waals surface area (Å²) in [5.74, 6) is 0.929. The lowest BCUT2D eigenvalue weighted by atomic mass is 10.1. The van der Waals surface area contributed by atoms with E-state index < -0.39 is 0 Å². The topological polar surface area (TPSA) is 41.1 Å². The van der Waals surface area contributed by atoms with Crippen LogP contribution in [0.25, 0.3) is 11.4 Å². The number of ether oxygens (including phenoxy) is 1. The maximum Gasteiger partial charge on any atom is 0.137 e. The molecule has 3 rings (SSSR count). The normalized spacial score (nSPS) is 16.7. The number of methoxy groups -OCH3 is 1. The molecule has 0 unspecified atom stereocenters. The average molecular weight is 306 g/mol. The maximum absolute atomic E-state index is 5.93. The van der Waals surface area contributed by atoms with Gasteiger partial charge in [-0.2, -0.15) is 0 Å². The minimum Gasteiger partial charge on any atom is -0.383 e. The number of hydrogen-bond acceptors (Lipinski definition) is 3. The minimum atomic E-state index is 0.422. The van der Waals surface area contributed by atoms with Crippen LogP contribution in [0, 0.1) is 0 Å². The number of hydrogen-bond donors (Lipinski definition) is 1. The van der Waals surface area contributed by atoms with Crippen molar-refractivity contribution in [1.29, 1.82) is 0 Å². The van der Waals surface area contributed by atoms with Crippen molar-refractivity contribution in [2.24, 2.45) is 0 Å². The number of halogens is 1. The number of nitrogens with zero attached hydrogens (tertiary/aromatic N) is 2. The number of rotatable bonds is 4. The van der Waals surface area contributed by atoms with E-state index in [1.165, 1.54) is 11.4 Å². The second-order valence-corrected chi connectivity index (χ2v) is 5.98. The van der Waals surface area contributed by atoms with Crippen LogP contribution in [-0.2, 0) is 17.7 Å². The third-order valence-electron chi connectivity index (χ3n) is 4.01. The van der Waals surface area contributed by atoms with E-state index in [1.807, 2.05) is 24.3 Å². The lowest BCUT2D eigenvalue weighted by molar-refractivity contribution is 0.0898. The van der Waals surface area contributed by atoms with E-state index in [0.29, 0.717) is 6.04 Å². The monoisotopic (exact) mass is 305 g/mol. The first-order valence-electron chi connectivity index (χ1n) is 7.24. The molecule has 0 bridgehead atoms. The summed E-state index contributed by atoms with van der Waals surface area (Å²) < 4.78 is 5.25. The molecule has 0 saturated heterocycles. The number of aromatic nitrogens is 2. The summed E-state index contributed by atoms with van der Waals surface area (Å²) in [5, 5.41) is 0.745. The number of H-pyrrole nitrogens is 1. The first-order chi connectivity index (χ1) is 10.2. The highest BCUT2D eigenvalue weighted by molar-refractivity contribution is 6.30. The summed E-state index contributed by atoms with van der Waals surface area (Å²) in [6, 6.07) is 8.21. The molecule has 0 radical (unpaired) electrons. The Labute approximate surface area is 130 Å². The molecule has 1 aliphatic heterocycles. The highest BCUT2D eigenvalue weighted by atomic mass is 35.5. The van der Waals surface area contributed by atoms with Crippen LogP contribution < -0.4 is 0 Å². The Kier molecular flexibility index (Phi) is 4.29. The van der Waals surface area contributed by atoms with E-state index in [-0.39, 0.29) is 0 Å². The van der Waals surface area contributed by atoms with E-state index in [2.05, 4.69) is 16.8 Å². The van der Waals surface area contributed by atoms with Crippen LogP contribution in [-0.4, -0.2) is 41.2 Å². The fourth-order valence-corrected chi connectivity index (χ4v) is 2.91. The van der Waals surface area contributed by atoms with Crippen LogP contribution in [0.4, 0.5) is 0 Å². The summed E-state index contributed by atoms with van der Waals surface area (Å²) in [4.78, 5) is 10.6. The Morgan fingerprint density at radius 3 is 2.86 bits per heavy atom. The first kappa shape index (κ1) is 14.6. The molecule has 0 fully saturated rings. The first-order valence-corrected chi connectivity index (χ1v) is 7.62. The van der Waals surface area contributed by atoms with E-state index in [9.17, 15) is 0 Å². The summed E-state index contributed by atoms with van der Waals surface area (Å²) in [6.45, 7) is 4.89. The van der Waals surface area contributed by atoms with Crippen LogP contribution in [0.15, 0.2) is 24.3 Å². The van der Waals surface area contributed by atoms with Gasteiger partial charge in [0.15, 0.2) is 0 Å². The summed E-state index contributed by atoms with van der Waals surface area (Å²) in [7, 11) is 1.75. The van der Waals surface area contributed by atoms with Crippen molar-refractivity contribution in [3.8, 4) is 11.4 Å². The van der Waals surface area contributed by atoms with Crippen LogP contribution in [0.2, 0.25) is 5.02 Å². The Hall–Kier alpha value is -1.36. The minimum absolute atomic E-state index is 0.422. The van der Waals surface area contributed by atoms with Crippen molar-refractivity contribution in [1.82, 2.24) is 14.9 Å². The molecule has 2 aromatic rings. The number of benzene rings is 1. The second kappa shape index (κ2) is 6.18. The van der Waals surface area contributed by atoms with Crippen LogP contribution in [0.5, 0.6) is 0 Å². The Morgan fingerprint density at radius 2 is 2.14 bits per heavy atom. The number of imidazole rings is 1. The van der Waals surface area contributed by atoms with Gasteiger partial charge in [0.25, 0.3) is 0 Å². The smallest absolute Gasteiger partial charge is 0.137 e. The molecule has 0 amide bonds. The van der Waals surface area contributed by atoms with Crippen molar-refractivity contribution in [3.05, 3.63) is 40.7 Å². The molecule has 1 atom stereocenters. The lowest BCUT2D eigenvalue weighted by Crippen LogP contribution is -2.40. The van der Waals surface area contributed by atoms with Crippen molar-refractivity contribution in [3.63, 3.8) is 0 Å². The van der Waals surface area contributed by atoms with Gasteiger partial charge < -0.3 is 9.72 Å². The Balaban J connectivity index is 1.79. The highest BCUT2D eigenvalue weighted by Gasteiger charge is 2.23. The SMILES string of the molecule is COC[C@H](C)N1CCc2nc(-c3ccc(Cl)cc3)[nH]c2C1. The molecule has 0 aliphatic carbocycles. The molecule has 21 heavy (non-hydrogen) atoms. The third kappa shape index (κ3) is 3.12. The van der Waals surface area contributed by atoms with E-state index in [1.54, 1.807) is 7.11 Å². The van der Waals surface area contributed by atoms with Gasteiger partial charge in [0.2, 0.25) is 0 Å². The quantitative estimate of drug-likeness (QED) is 0.943. The molecule has 1 aromatic heterocycles. The number of aromatic amines is 1. The zero-order valence-corrected chi connectivity index (χ0v) is 13.2. The zero-order chi connectivity index (χ0) is 14.8. The Morgan fingerprint density at radius 1 is 1.38 bits per heavy atom. The third-order valence-corrected chi connectivity index (χ3v) is 4.26. The second-order valence-electron chi connectivity index (χ2n) is 5.54. The van der Waals surface area contributed by atoms with Crippen molar-refractivity contribution >= 4 is 11.6 Å². The van der Waals surface area contributed by atoms with Crippen molar-refractivity contribution in [2.45, 2.75) is 25.9 Å². The van der Waals surface area contributed by atoms with Gasteiger partial charge in [0, 0.05) is 43.2 Å². The summed E-state index contributed by atoms with van der Waals surface area (Å²) >= 11 is 5.93. The number of nitrogens with one attached hydrogen (secondary N) is 1. The molecule has 4 nitrogen and oxygen atoms in total. The molecule has 112 valence electrons. The van der Waals surface area contributed by atoms with Gasteiger partial charge in [-0.05, 0) is 31.2 Å². The van der Waals surface area contributed by atoms with Crippen LogP contribution in [0.3, 0.4) is 0 Å². The maximum atomic E-state index is 5.93. The zero-order valence-electron chi connectivity index (χ0n) is 12.4. The predicted octanol–water partition coefficient (Wildman–Crippen LogP) is 3.12. The van der Waals surface area contributed by atoms with Gasteiger partial charge in [-0.15, -0.1) is 0 Å². The fourth-order valence-electron chi connectivity index (χ4n) is 2.78. The van der Waals surface area contributed by atoms with Gasteiger partial charge in [0.05, 0.1) is 18.0 Å². The fraction of sp³-hybridized carbons (Fsp3) is 0.438. The van der Waals surface area contributed by atoms with E-state index >= 15 is 0 Å². The van der Waals surface area contributed by atoms with Crippen molar-refractivity contribution < 1.29 is 4.74 Å². The lowest BCUT2D eigenvalue weighted by Gasteiger charge is -2.31. The van der Waals surface area contributed by atoms with Gasteiger partial charge >= 0.3 is 0 Å². The summed E-state index contributed by atoms with van der Waals surface area (Å²) in [6.07, 6.45) is 0.980. The molecular weight excluding hydrogens is 286 g/mol. The van der Waals surface area contributed by atoms with Gasteiger partial charge in [-0.3, -0.25) is 4.90 Å². The molecule has 0 saturated carbocycles. The largest absolute Gasteiger partial charge is 0.383 e. The van der Waals surface area contributed by atoms with Gasteiger partial charge in [0.1, 0.15) is 5.82 Å². The Bertz CT molecular complexity index is 608.